The normalized spacial score (nSPS) is 16.0. The van der Waals surface area contributed by atoms with Crippen molar-refractivity contribution in [3.63, 3.8) is 0 Å². The van der Waals surface area contributed by atoms with Crippen LogP contribution in [0.1, 0.15) is 19.3 Å². The summed E-state index contributed by atoms with van der Waals surface area (Å²) in [5.74, 6) is 0.408. The van der Waals surface area contributed by atoms with Crippen LogP contribution in [0.5, 0.6) is 5.75 Å². The van der Waals surface area contributed by atoms with Gasteiger partial charge in [-0.1, -0.05) is 12.1 Å². The van der Waals surface area contributed by atoms with Crippen molar-refractivity contribution in [3.05, 3.63) is 24.3 Å². The number of amides is 1. The van der Waals surface area contributed by atoms with Gasteiger partial charge in [0.05, 0.1) is 18.7 Å². The zero-order valence-electron chi connectivity index (χ0n) is 10.9. The summed E-state index contributed by atoms with van der Waals surface area (Å²) in [7, 11) is 0. The number of primary amides is 1. The van der Waals surface area contributed by atoms with E-state index >= 15 is 0 Å². The number of rotatable bonds is 6. The number of benzene rings is 1. The first-order valence-corrected chi connectivity index (χ1v) is 6.60. The van der Waals surface area contributed by atoms with Crippen molar-refractivity contribution >= 4 is 11.6 Å². The molecule has 5 heteroatoms. The minimum atomic E-state index is -0.352. The van der Waals surface area contributed by atoms with E-state index in [0.717, 1.165) is 37.5 Å². The van der Waals surface area contributed by atoms with E-state index in [9.17, 15) is 4.79 Å². The summed E-state index contributed by atoms with van der Waals surface area (Å²) in [6.45, 7) is 1.90. The van der Waals surface area contributed by atoms with Crippen LogP contribution in [0.3, 0.4) is 0 Å². The summed E-state index contributed by atoms with van der Waals surface area (Å²) >= 11 is 0. The molecule has 19 heavy (non-hydrogen) atoms. The van der Waals surface area contributed by atoms with E-state index in [0.29, 0.717) is 12.6 Å². The number of ether oxygens (including phenoxy) is 2. The molecular weight excluding hydrogens is 244 g/mol. The lowest BCUT2D eigenvalue weighted by Gasteiger charge is -2.25. The van der Waals surface area contributed by atoms with Gasteiger partial charge in [-0.05, 0) is 25.0 Å². The van der Waals surface area contributed by atoms with Crippen LogP contribution in [-0.4, -0.2) is 31.8 Å². The minimum Gasteiger partial charge on any atom is -0.491 e. The van der Waals surface area contributed by atoms with Crippen molar-refractivity contribution < 1.29 is 14.3 Å². The highest BCUT2D eigenvalue weighted by Gasteiger charge is 2.15. The molecule has 5 nitrogen and oxygen atoms in total. The van der Waals surface area contributed by atoms with Crippen molar-refractivity contribution in [1.82, 2.24) is 0 Å². The van der Waals surface area contributed by atoms with Gasteiger partial charge in [0, 0.05) is 19.3 Å². The quantitative estimate of drug-likeness (QED) is 0.817. The van der Waals surface area contributed by atoms with E-state index in [-0.39, 0.29) is 12.3 Å². The molecule has 0 atom stereocenters. The molecule has 1 aromatic carbocycles. The van der Waals surface area contributed by atoms with Crippen LogP contribution in [0.25, 0.3) is 0 Å². The Labute approximate surface area is 113 Å². The van der Waals surface area contributed by atoms with Gasteiger partial charge in [0.1, 0.15) is 5.75 Å². The van der Waals surface area contributed by atoms with Gasteiger partial charge in [-0.3, -0.25) is 4.79 Å². The molecule has 0 bridgehead atoms. The second-order valence-corrected chi connectivity index (χ2v) is 4.59. The molecule has 1 aromatic rings. The number of anilines is 1. The van der Waals surface area contributed by atoms with Crippen molar-refractivity contribution in [3.8, 4) is 5.75 Å². The maximum atomic E-state index is 10.7. The highest BCUT2D eigenvalue weighted by molar-refractivity contribution is 5.73. The zero-order chi connectivity index (χ0) is 13.5. The molecule has 1 aliphatic heterocycles. The van der Waals surface area contributed by atoms with Gasteiger partial charge in [-0.25, -0.2) is 0 Å². The molecule has 2 rings (SSSR count). The Hall–Kier alpha value is -1.75. The highest BCUT2D eigenvalue weighted by atomic mass is 16.5. The van der Waals surface area contributed by atoms with E-state index in [4.69, 9.17) is 15.2 Å². The maximum absolute atomic E-state index is 10.7. The summed E-state index contributed by atoms with van der Waals surface area (Å²) in [5.41, 5.74) is 6.05. The van der Waals surface area contributed by atoms with Crippen LogP contribution in [0.4, 0.5) is 5.69 Å². The lowest BCUT2D eigenvalue weighted by Crippen LogP contribution is -2.28. The second kappa shape index (κ2) is 6.99. The molecule has 0 aromatic heterocycles. The van der Waals surface area contributed by atoms with Gasteiger partial charge < -0.3 is 20.5 Å². The van der Waals surface area contributed by atoms with E-state index in [2.05, 4.69) is 5.32 Å². The molecule has 0 aliphatic carbocycles. The van der Waals surface area contributed by atoms with Crippen LogP contribution >= 0.6 is 0 Å². The summed E-state index contributed by atoms with van der Waals surface area (Å²) in [5, 5.41) is 3.47. The van der Waals surface area contributed by atoms with Crippen LogP contribution in [0, 0.1) is 0 Å². The molecule has 0 radical (unpaired) electrons. The summed E-state index contributed by atoms with van der Waals surface area (Å²) < 4.78 is 10.9. The van der Waals surface area contributed by atoms with E-state index < -0.39 is 0 Å². The number of nitrogens with one attached hydrogen (secondary N) is 1. The topological polar surface area (TPSA) is 73.6 Å². The number of hydrogen-bond acceptors (Lipinski definition) is 4. The molecule has 1 saturated heterocycles. The van der Waals surface area contributed by atoms with Crippen LogP contribution in [0.2, 0.25) is 0 Å². The average Bonchev–Trinajstić information content (AvgIpc) is 2.41. The Bertz CT molecular complexity index is 417. The van der Waals surface area contributed by atoms with Crippen LogP contribution in [0.15, 0.2) is 24.3 Å². The monoisotopic (exact) mass is 264 g/mol. The lowest BCUT2D eigenvalue weighted by atomic mass is 10.1. The van der Waals surface area contributed by atoms with Gasteiger partial charge in [-0.2, -0.15) is 0 Å². The van der Waals surface area contributed by atoms with Crippen molar-refractivity contribution in [1.29, 1.82) is 0 Å². The maximum Gasteiger partial charge on any atom is 0.220 e. The molecule has 1 aliphatic rings. The first-order valence-electron chi connectivity index (χ1n) is 6.60. The molecule has 0 spiro atoms. The third kappa shape index (κ3) is 4.44. The van der Waals surface area contributed by atoms with Crippen molar-refractivity contribution in [2.24, 2.45) is 5.73 Å². The van der Waals surface area contributed by atoms with Gasteiger partial charge in [0.25, 0.3) is 0 Å². The fraction of sp³-hybridized carbons (Fsp3) is 0.500. The standard InChI is InChI=1S/C14H20N2O3/c15-14(17)7-10-19-13-4-2-1-3-12(13)16-11-5-8-18-9-6-11/h1-4,11,16H,5-10H2,(H2,15,17). The fourth-order valence-corrected chi connectivity index (χ4v) is 2.04. The Morgan fingerprint density at radius 3 is 2.84 bits per heavy atom. The third-order valence-electron chi connectivity index (χ3n) is 3.07. The largest absolute Gasteiger partial charge is 0.491 e. The molecular formula is C14H20N2O3. The first kappa shape index (κ1) is 13.7. The number of carbonyl (C=O) groups excluding carboxylic acids is 1. The fourth-order valence-electron chi connectivity index (χ4n) is 2.04. The molecule has 1 fully saturated rings. The predicted octanol–water partition coefficient (Wildman–Crippen LogP) is 1.53. The Balaban J connectivity index is 1.93. The Morgan fingerprint density at radius 1 is 1.37 bits per heavy atom. The van der Waals surface area contributed by atoms with Crippen molar-refractivity contribution in [2.45, 2.75) is 25.3 Å². The smallest absolute Gasteiger partial charge is 0.220 e. The molecule has 1 heterocycles. The van der Waals surface area contributed by atoms with Crippen LogP contribution < -0.4 is 15.8 Å². The van der Waals surface area contributed by atoms with Gasteiger partial charge in [-0.15, -0.1) is 0 Å². The van der Waals surface area contributed by atoms with E-state index in [1.54, 1.807) is 0 Å². The van der Waals surface area contributed by atoms with Gasteiger partial charge in [0.2, 0.25) is 5.91 Å². The lowest BCUT2D eigenvalue weighted by molar-refractivity contribution is -0.118. The summed E-state index contributed by atoms with van der Waals surface area (Å²) in [4.78, 5) is 10.7. The molecule has 3 N–H and O–H groups in total. The van der Waals surface area contributed by atoms with Crippen LogP contribution in [-0.2, 0) is 9.53 Å². The summed E-state index contributed by atoms with van der Waals surface area (Å²) in [6, 6.07) is 8.16. The zero-order valence-corrected chi connectivity index (χ0v) is 10.9. The number of hydrogen-bond donors (Lipinski definition) is 2. The molecule has 0 unspecified atom stereocenters. The molecule has 104 valence electrons. The van der Waals surface area contributed by atoms with Gasteiger partial charge >= 0.3 is 0 Å². The summed E-state index contributed by atoms with van der Waals surface area (Å²) in [6.07, 6.45) is 2.22. The third-order valence-corrected chi connectivity index (χ3v) is 3.07. The highest BCUT2D eigenvalue weighted by Crippen LogP contribution is 2.26. The molecule has 0 saturated carbocycles. The van der Waals surface area contributed by atoms with Crippen molar-refractivity contribution in [2.75, 3.05) is 25.1 Å². The minimum absolute atomic E-state index is 0.228. The first-order chi connectivity index (χ1) is 9.25. The number of nitrogens with two attached hydrogens (primary N) is 1. The van der Waals surface area contributed by atoms with E-state index in [1.165, 1.54) is 0 Å². The Kier molecular flexibility index (Phi) is 5.03. The van der Waals surface area contributed by atoms with Gasteiger partial charge in [0.15, 0.2) is 0 Å². The average molecular weight is 264 g/mol. The number of para-hydroxylation sites is 2. The predicted molar refractivity (Wildman–Crippen MR) is 73.2 cm³/mol. The molecule has 1 amide bonds. The SMILES string of the molecule is NC(=O)CCOc1ccccc1NC1CCOCC1. The van der Waals surface area contributed by atoms with E-state index in [1.807, 2.05) is 24.3 Å². The Morgan fingerprint density at radius 2 is 2.11 bits per heavy atom. The number of carbonyl (C=O) groups is 1. The second-order valence-electron chi connectivity index (χ2n) is 4.59.